The van der Waals surface area contributed by atoms with Gasteiger partial charge in [0, 0.05) is 0 Å². The van der Waals surface area contributed by atoms with E-state index in [9.17, 15) is 0 Å². The highest BCUT2D eigenvalue weighted by atomic mass is 14.4. The molecule has 128 valence electrons. The summed E-state index contributed by atoms with van der Waals surface area (Å²) < 4.78 is 0. The normalized spacial score (nSPS) is 50.7. The van der Waals surface area contributed by atoms with E-state index in [1.165, 1.54) is 32.1 Å². The molecule has 6 unspecified atom stereocenters. The van der Waals surface area contributed by atoms with Gasteiger partial charge in [-0.25, -0.2) is 0 Å². The summed E-state index contributed by atoms with van der Waals surface area (Å²) >= 11 is 0. The van der Waals surface area contributed by atoms with Crippen molar-refractivity contribution in [1.29, 1.82) is 0 Å². The lowest BCUT2D eigenvalue weighted by molar-refractivity contribution is 0.0525. The molecule has 0 aliphatic heterocycles. The molecule has 0 nitrogen and oxygen atoms in total. The lowest BCUT2D eigenvalue weighted by atomic mass is 9.60. The van der Waals surface area contributed by atoms with Crippen molar-refractivity contribution >= 4 is 0 Å². The van der Waals surface area contributed by atoms with Gasteiger partial charge in [-0.15, -0.1) is 0 Å². The molecular weight excluding hydrogens is 264 g/mol. The summed E-state index contributed by atoms with van der Waals surface area (Å²) in [7, 11) is 0. The Morgan fingerprint density at radius 2 is 1.05 bits per heavy atom. The standard InChI is InChI=1S/C22H40/c1-15-5-8-19(9-6-15)20-11-12-22(18(4)14-20)21-10-7-16(2)17(3)13-21/h15-22H,5-14H2,1-4H3. The fourth-order valence-corrected chi connectivity index (χ4v) is 6.33. The SMILES string of the molecule is CC1CCC(C2CCC(C3CCC(C)C(C)C3)C(C)C2)CC1. The van der Waals surface area contributed by atoms with Gasteiger partial charge in [-0.1, -0.05) is 47.0 Å². The van der Waals surface area contributed by atoms with E-state index in [1.807, 2.05) is 0 Å². The Morgan fingerprint density at radius 3 is 1.68 bits per heavy atom. The average Bonchev–Trinajstić information content (AvgIpc) is 2.51. The predicted octanol–water partition coefficient (Wildman–Crippen LogP) is 6.94. The van der Waals surface area contributed by atoms with E-state index >= 15 is 0 Å². The number of rotatable bonds is 2. The van der Waals surface area contributed by atoms with Gasteiger partial charge in [0.1, 0.15) is 0 Å². The third-order valence-electron chi connectivity index (χ3n) is 8.25. The fraction of sp³-hybridized carbons (Fsp3) is 1.00. The van der Waals surface area contributed by atoms with Crippen molar-refractivity contribution in [3.8, 4) is 0 Å². The van der Waals surface area contributed by atoms with Gasteiger partial charge in [0.25, 0.3) is 0 Å². The minimum Gasteiger partial charge on any atom is -0.0625 e. The van der Waals surface area contributed by atoms with E-state index in [4.69, 9.17) is 0 Å². The molecule has 0 saturated heterocycles. The van der Waals surface area contributed by atoms with Crippen LogP contribution in [-0.4, -0.2) is 0 Å². The summed E-state index contributed by atoms with van der Waals surface area (Å²) in [5, 5.41) is 0. The Kier molecular flexibility index (Phi) is 5.56. The monoisotopic (exact) mass is 304 g/mol. The zero-order valence-electron chi connectivity index (χ0n) is 15.7. The topological polar surface area (TPSA) is 0 Å². The van der Waals surface area contributed by atoms with Crippen LogP contribution in [0.4, 0.5) is 0 Å². The highest BCUT2D eigenvalue weighted by Gasteiger charge is 2.38. The van der Waals surface area contributed by atoms with Gasteiger partial charge in [0.2, 0.25) is 0 Å². The van der Waals surface area contributed by atoms with E-state index in [-0.39, 0.29) is 0 Å². The van der Waals surface area contributed by atoms with Crippen molar-refractivity contribution in [2.45, 2.75) is 91.9 Å². The van der Waals surface area contributed by atoms with Crippen LogP contribution in [0.25, 0.3) is 0 Å². The molecule has 0 aromatic rings. The average molecular weight is 305 g/mol. The van der Waals surface area contributed by atoms with E-state index in [0.29, 0.717) is 0 Å². The molecule has 3 fully saturated rings. The van der Waals surface area contributed by atoms with E-state index in [1.54, 1.807) is 32.1 Å². The van der Waals surface area contributed by atoms with Gasteiger partial charge in [-0.2, -0.15) is 0 Å². The first-order chi connectivity index (χ1) is 10.5. The number of hydrogen-bond acceptors (Lipinski definition) is 0. The van der Waals surface area contributed by atoms with Crippen LogP contribution in [0, 0.1) is 47.3 Å². The van der Waals surface area contributed by atoms with Crippen LogP contribution in [0.1, 0.15) is 91.9 Å². The van der Waals surface area contributed by atoms with Crippen molar-refractivity contribution in [3.63, 3.8) is 0 Å². The summed E-state index contributed by atoms with van der Waals surface area (Å²) in [5.41, 5.74) is 0. The van der Waals surface area contributed by atoms with Gasteiger partial charge in [-0.3, -0.25) is 0 Å². The maximum atomic E-state index is 2.60. The molecule has 6 atom stereocenters. The van der Waals surface area contributed by atoms with Crippen LogP contribution < -0.4 is 0 Å². The molecule has 0 radical (unpaired) electrons. The van der Waals surface area contributed by atoms with Gasteiger partial charge < -0.3 is 0 Å². The molecule has 0 heteroatoms. The Hall–Kier alpha value is 0. The molecule has 0 bridgehead atoms. The first kappa shape index (κ1) is 16.8. The minimum atomic E-state index is 0.975. The second kappa shape index (κ2) is 7.27. The van der Waals surface area contributed by atoms with E-state index < -0.39 is 0 Å². The fourth-order valence-electron chi connectivity index (χ4n) is 6.33. The van der Waals surface area contributed by atoms with Crippen molar-refractivity contribution in [2.75, 3.05) is 0 Å². The molecule has 0 spiro atoms. The largest absolute Gasteiger partial charge is 0.0625 e. The van der Waals surface area contributed by atoms with Crippen LogP contribution in [-0.2, 0) is 0 Å². The molecule has 0 N–H and O–H groups in total. The molecule has 3 aliphatic carbocycles. The highest BCUT2D eigenvalue weighted by Crippen LogP contribution is 2.48. The summed E-state index contributed by atoms with van der Waals surface area (Å²) in [5.74, 6) is 8.26. The summed E-state index contributed by atoms with van der Waals surface area (Å²) in [4.78, 5) is 0. The summed E-state index contributed by atoms with van der Waals surface area (Å²) in [6.45, 7) is 10.0. The van der Waals surface area contributed by atoms with Gasteiger partial charge in [0.15, 0.2) is 0 Å². The lowest BCUT2D eigenvalue weighted by Gasteiger charge is -2.45. The summed E-state index contributed by atoms with van der Waals surface area (Å²) in [6, 6.07) is 0. The van der Waals surface area contributed by atoms with Gasteiger partial charge in [0.05, 0.1) is 0 Å². The molecule has 3 saturated carbocycles. The van der Waals surface area contributed by atoms with Gasteiger partial charge >= 0.3 is 0 Å². The summed E-state index contributed by atoms with van der Waals surface area (Å²) in [6.07, 6.45) is 15.4. The lowest BCUT2D eigenvalue weighted by Crippen LogP contribution is -2.35. The minimum absolute atomic E-state index is 0.975. The van der Waals surface area contributed by atoms with Crippen LogP contribution in [0.3, 0.4) is 0 Å². The molecular formula is C22H40. The van der Waals surface area contributed by atoms with E-state index in [0.717, 1.165) is 47.3 Å². The van der Waals surface area contributed by atoms with Crippen molar-refractivity contribution in [2.24, 2.45) is 47.3 Å². The zero-order valence-corrected chi connectivity index (χ0v) is 15.7. The Labute approximate surface area is 139 Å². The van der Waals surface area contributed by atoms with Crippen LogP contribution in [0.5, 0.6) is 0 Å². The Morgan fingerprint density at radius 1 is 0.455 bits per heavy atom. The van der Waals surface area contributed by atoms with Crippen LogP contribution in [0.2, 0.25) is 0 Å². The van der Waals surface area contributed by atoms with Crippen LogP contribution >= 0.6 is 0 Å². The van der Waals surface area contributed by atoms with Crippen molar-refractivity contribution < 1.29 is 0 Å². The quantitative estimate of drug-likeness (QED) is 0.518. The third kappa shape index (κ3) is 3.73. The van der Waals surface area contributed by atoms with Crippen LogP contribution in [0.15, 0.2) is 0 Å². The highest BCUT2D eigenvalue weighted by molar-refractivity contribution is 4.89. The first-order valence-electron chi connectivity index (χ1n) is 10.5. The predicted molar refractivity (Wildman–Crippen MR) is 96.8 cm³/mol. The molecule has 0 heterocycles. The Balaban J connectivity index is 1.52. The maximum Gasteiger partial charge on any atom is -0.0360 e. The molecule has 0 aromatic heterocycles. The second-order valence-electron chi connectivity index (χ2n) is 9.76. The Bertz CT molecular complexity index is 338. The molecule has 3 aliphatic rings. The smallest absolute Gasteiger partial charge is 0.0360 e. The van der Waals surface area contributed by atoms with E-state index in [2.05, 4.69) is 27.7 Å². The first-order valence-corrected chi connectivity index (χ1v) is 10.5. The van der Waals surface area contributed by atoms with Gasteiger partial charge in [-0.05, 0) is 92.3 Å². The second-order valence-corrected chi connectivity index (χ2v) is 9.76. The van der Waals surface area contributed by atoms with Crippen molar-refractivity contribution in [3.05, 3.63) is 0 Å². The molecule has 0 aromatic carbocycles. The maximum absolute atomic E-state index is 2.60. The molecule has 22 heavy (non-hydrogen) atoms. The third-order valence-corrected chi connectivity index (χ3v) is 8.25. The molecule has 0 amide bonds. The molecule has 3 rings (SSSR count). The van der Waals surface area contributed by atoms with Crippen molar-refractivity contribution in [1.82, 2.24) is 0 Å². The zero-order chi connectivity index (χ0) is 15.7. The number of hydrogen-bond donors (Lipinski definition) is 0.